The Morgan fingerprint density at radius 3 is 2.71 bits per heavy atom. The first-order chi connectivity index (χ1) is 8.08. The maximum Gasteiger partial charge on any atom is 0.0638 e. The summed E-state index contributed by atoms with van der Waals surface area (Å²) in [5.41, 5.74) is 0.939. The van der Waals surface area contributed by atoms with E-state index in [-0.39, 0.29) is 6.04 Å². The smallest absolute Gasteiger partial charge is 0.0638 e. The van der Waals surface area contributed by atoms with Gasteiger partial charge in [-0.25, -0.2) is 0 Å². The van der Waals surface area contributed by atoms with E-state index < -0.39 is 0 Å². The molecule has 0 aliphatic heterocycles. The molecule has 0 radical (unpaired) electrons. The van der Waals surface area contributed by atoms with Crippen molar-refractivity contribution in [3.63, 3.8) is 0 Å². The maximum absolute atomic E-state index is 6.15. The first-order valence-electron chi connectivity index (χ1n) is 5.02. The molecule has 0 aliphatic rings. The summed E-state index contributed by atoms with van der Waals surface area (Å²) in [6.45, 7) is 2.12. The van der Waals surface area contributed by atoms with Crippen LogP contribution >= 0.6 is 54.8 Å². The molecule has 1 nitrogen and oxygen atoms in total. The zero-order chi connectivity index (χ0) is 12.4. The molecular weight excluding hydrogens is 385 g/mol. The maximum atomic E-state index is 6.15. The van der Waals surface area contributed by atoms with Crippen molar-refractivity contribution in [1.82, 2.24) is 0 Å². The van der Waals surface area contributed by atoms with Crippen LogP contribution in [0.25, 0.3) is 0 Å². The predicted molar refractivity (Wildman–Crippen MR) is 83.2 cm³/mol. The molecule has 1 atom stereocenters. The fraction of sp³-hybridized carbons (Fsp3) is 0.167. The minimum absolute atomic E-state index is 0.219. The van der Waals surface area contributed by atoms with Crippen LogP contribution in [-0.2, 0) is 0 Å². The second-order valence-electron chi connectivity index (χ2n) is 3.62. The van der Waals surface area contributed by atoms with Crippen LogP contribution in [0, 0.1) is 0 Å². The van der Waals surface area contributed by atoms with Crippen molar-refractivity contribution in [2.24, 2.45) is 0 Å². The molecule has 1 aromatic carbocycles. The van der Waals surface area contributed by atoms with E-state index in [1.54, 1.807) is 11.3 Å². The topological polar surface area (TPSA) is 12.0 Å². The van der Waals surface area contributed by atoms with Gasteiger partial charge in [0.1, 0.15) is 0 Å². The van der Waals surface area contributed by atoms with E-state index in [0.29, 0.717) is 0 Å². The van der Waals surface area contributed by atoms with Crippen molar-refractivity contribution in [2.45, 2.75) is 13.0 Å². The highest BCUT2D eigenvalue weighted by atomic mass is 79.9. The van der Waals surface area contributed by atoms with Gasteiger partial charge >= 0.3 is 0 Å². The molecule has 1 unspecified atom stereocenters. The highest BCUT2D eigenvalue weighted by molar-refractivity contribution is 9.10. The van der Waals surface area contributed by atoms with Gasteiger partial charge in [-0.3, -0.25) is 0 Å². The van der Waals surface area contributed by atoms with Gasteiger partial charge in [0.25, 0.3) is 0 Å². The predicted octanol–water partition coefficient (Wildman–Crippen LogP) is 6.10. The normalized spacial score (nSPS) is 12.5. The van der Waals surface area contributed by atoms with Gasteiger partial charge in [0.05, 0.1) is 16.8 Å². The second-order valence-corrected chi connectivity index (χ2v) is 6.75. The lowest BCUT2D eigenvalue weighted by atomic mass is 10.2. The summed E-state index contributed by atoms with van der Waals surface area (Å²) >= 11 is 14.9. The number of hydrogen-bond acceptors (Lipinski definition) is 2. The van der Waals surface area contributed by atoms with E-state index in [9.17, 15) is 0 Å². The number of hydrogen-bond donors (Lipinski definition) is 1. The van der Waals surface area contributed by atoms with Crippen molar-refractivity contribution in [1.29, 1.82) is 0 Å². The average molecular weight is 396 g/mol. The molecule has 0 spiro atoms. The third-order valence-corrected chi connectivity index (χ3v) is 5.21. The SMILES string of the molecule is CC(Nc1cc(Br)ccc1Cl)c1sccc1Br. The Morgan fingerprint density at radius 2 is 2.06 bits per heavy atom. The highest BCUT2D eigenvalue weighted by Gasteiger charge is 2.12. The Bertz CT molecular complexity index is 527. The van der Waals surface area contributed by atoms with Crippen molar-refractivity contribution in [3.05, 3.63) is 48.5 Å². The Morgan fingerprint density at radius 1 is 1.29 bits per heavy atom. The van der Waals surface area contributed by atoms with E-state index in [0.717, 1.165) is 19.7 Å². The van der Waals surface area contributed by atoms with Crippen LogP contribution in [0.3, 0.4) is 0 Å². The zero-order valence-electron chi connectivity index (χ0n) is 9.01. The van der Waals surface area contributed by atoms with Crippen LogP contribution in [0.15, 0.2) is 38.6 Å². The Balaban J connectivity index is 2.21. The summed E-state index contributed by atoms with van der Waals surface area (Å²) in [7, 11) is 0. The van der Waals surface area contributed by atoms with Gasteiger partial charge in [0.2, 0.25) is 0 Å². The molecule has 2 rings (SSSR count). The Kier molecular flexibility index (Phi) is 4.53. The number of benzene rings is 1. The van der Waals surface area contributed by atoms with E-state index in [1.807, 2.05) is 18.2 Å². The van der Waals surface area contributed by atoms with E-state index in [2.05, 4.69) is 55.5 Å². The third kappa shape index (κ3) is 3.25. The highest BCUT2D eigenvalue weighted by Crippen LogP contribution is 2.33. The average Bonchev–Trinajstić information content (AvgIpc) is 2.70. The van der Waals surface area contributed by atoms with Crippen LogP contribution in [0.5, 0.6) is 0 Å². The largest absolute Gasteiger partial charge is 0.376 e. The molecule has 1 N–H and O–H groups in total. The molecule has 90 valence electrons. The summed E-state index contributed by atoms with van der Waals surface area (Å²) in [6.07, 6.45) is 0. The number of anilines is 1. The molecule has 0 saturated carbocycles. The summed E-state index contributed by atoms with van der Waals surface area (Å²) < 4.78 is 2.15. The fourth-order valence-corrected chi connectivity index (χ4v) is 3.78. The molecule has 17 heavy (non-hydrogen) atoms. The number of halogens is 3. The minimum Gasteiger partial charge on any atom is -0.376 e. The van der Waals surface area contributed by atoms with Gasteiger partial charge in [0.15, 0.2) is 0 Å². The van der Waals surface area contributed by atoms with Crippen molar-refractivity contribution in [2.75, 3.05) is 5.32 Å². The standard InChI is InChI=1S/C12H10Br2ClNS/c1-7(12-9(14)4-5-17-12)16-11-6-8(13)2-3-10(11)15/h2-7,16H,1H3. The van der Waals surface area contributed by atoms with Gasteiger partial charge in [-0.1, -0.05) is 27.5 Å². The number of thiophene rings is 1. The van der Waals surface area contributed by atoms with E-state index in [1.165, 1.54) is 4.88 Å². The van der Waals surface area contributed by atoms with Gasteiger partial charge in [-0.15, -0.1) is 11.3 Å². The molecule has 0 aliphatic carbocycles. The van der Waals surface area contributed by atoms with Crippen LogP contribution in [0.1, 0.15) is 17.8 Å². The molecule has 0 amide bonds. The molecule has 2 aromatic rings. The minimum atomic E-state index is 0.219. The Labute approximate surface area is 126 Å². The van der Waals surface area contributed by atoms with Crippen LogP contribution < -0.4 is 5.32 Å². The number of rotatable bonds is 3. The van der Waals surface area contributed by atoms with Gasteiger partial charge in [-0.2, -0.15) is 0 Å². The van der Waals surface area contributed by atoms with Crippen molar-refractivity contribution in [3.8, 4) is 0 Å². The first kappa shape index (κ1) is 13.4. The fourth-order valence-electron chi connectivity index (χ4n) is 1.52. The zero-order valence-corrected chi connectivity index (χ0v) is 13.8. The lowest BCUT2D eigenvalue weighted by Crippen LogP contribution is -2.05. The molecule has 0 bridgehead atoms. The van der Waals surface area contributed by atoms with E-state index >= 15 is 0 Å². The third-order valence-electron chi connectivity index (χ3n) is 2.34. The lowest BCUT2D eigenvalue weighted by Gasteiger charge is -2.16. The van der Waals surface area contributed by atoms with Gasteiger partial charge in [-0.05, 0) is 52.5 Å². The van der Waals surface area contributed by atoms with Gasteiger partial charge in [0, 0.05) is 13.8 Å². The molecule has 5 heteroatoms. The van der Waals surface area contributed by atoms with Crippen LogP contribution in [0.2, 0.25) is 5.02 Å². The van der Waals surface area contributed by atoms with Crippen molar-refractivity contribution >= 4 is 60.5 Å². The summed E-state index contributed by atoms with van der Waals surface area (Å²) in [4.78, 5) is 1.26. The van der Waals surface area contributed by atoms with Crippen LogP contribution in [0.4, 0.5) is 5.69 Å². The summed E-state index contributed by atoms with van der Waals surface area (Å²) in [5, 5.41) is 6.21. The quantitative estimate of drug-likeness (QED) is 0.662. The van der Waals surface area contributed by atoms with Crippen molar-refractivity contribution < 1.29 is 0 Å². The molecular formula is C12H10Br2ClNS. The van der Waals surface area contributed by atoms with Crippen LogP contribution in [-0.4, -0.2) is 0 Å². The molecule has 0 fully saturated rings. The summed E-state index contributed by atoms with van der Waals surface area (Å²) in [5.74, 6) is 0. The lowest BCUT2D eigenvalue weighted by molar-refractivity contribution is 0.903. The monoisotopic (exact) mass is 393 g/mol. The molecule has 0 saturated heterocycles. The number of nitrogens with one attached hydrogen (secondary N) is 1. The van der Waals surface area contributed by atoms with E-state index in [4.69, 9.17) is 11.6 Å². The Hall–Kier alpha value is -0.0300. The molecule has 1 heterocycles. The molecule has 1 aromatic heterocycles. The first-order valence-corrected chi connectivity index (χ1v) is 7.87. The van der Waals surface area contributed by atoms with Gasteiger partial charge < -0.3 is 5.32 Å². The second kappa shape index (κ2) is 5.74. The summed E-state index contributed by atoms with van der Waals surface area (Å²) in [6, 6.07) is 8.07.